The number of hydrazine groups is 1. The van der Waals surface area contributed by atoms with Crippen molar-refractivity contribution in [1.29, 1.82) is 0 Å². The summed E-state index contributed by atoms with van der Waals surface area (Å²) in [5.41, 5.74) is 8.49. The first-order valence-corrected chi connectivity index (χ1v) is 9.23. The van der Waals surface area contributed by atoms with Crippen molar-refractivity contribution >= 4 is 28.8 Å². The Morgan fingerprint density at radius 1 is 1.11 bits per heavy atom. The van der Waals surface area contributed by atoms with E-state index in [0.29, 0.717) is 11.1 Å². The Morgan fingerprint density at radius 3 is 2.52 bits per heavy atom. The van der Waals surface area contributed by atoms with Crippen molar-refractivity contribution in [3.8, 4) is 5.13 Å². The van der Waals surface area contributed by atoms with Gasteiger partial charge in [0, 0.05) is 48.3 Å². The van der Waals surface area contributed by atoms with Crippen molar-refractivity contribution in [2.75, 3.05) is 19.0 Å². The number of hydrogen-bond donors (Lipinski definition) is 2. The zero-order valence-corrected chi connectivity index (χ0v) is 16.4. The van der Waals surface area contributed by atoms with Crippen LogP contribution in [0.1, 0.15) is 32.1 Å². The summed E-state index contributed by atoms with van der Waals surface area (Å²) in [4.78, 5) is 31.1. The second-order valence-corrected chi connectivity index (χ2v) is 7.16. The highest BCUT2D eigenvalue weighted by Gasteiger charge is 2.18. The molecule has 2 heterocycles. The van der Waals surface area contributed by atoms with Gasteiger partial charge < -0.3 is 4.90 Å². The first kappa shape index (κ1) is 18.7. The quantitative estimate of drug-likeness (QED) is 0.679. The first-order valence-electron chi connectivity index (χ1n) is 8.35. The van der Waals surface area contributed by atoms with E-state index in [2.05, 4.69) is 15.8 Å². The van der Waals surface area contributed by atoms with Gasteiger partial charge >= 0.3 is 0 Å². The Kier molecular flexibility index (Phi) is 5.27. The van der Waals surface area contributed by atoms with E-state index in [1.807, 2.05) is 48.9 Å². The molecule has 0 aliphatic rings. The Bertz CT molecular complexity index is 976. The summed E-state index contributed by atoms with van der Waals surface area (Å²) in [7, 11) is 3.80. The molecule has 8 heteroatoms. The number of nitrogens with one attached hydrogen (secondary N) is 2. The highest BCUT2D eigenvalue weighted by Crippen LogP contribution is 2.22. The number of carbonyl (C=O) groups is 2. The number of amides is 2. The molecule has 7 nitrogen and oxygen atoms in total. The maximum atomic E-state index is 12.5. The fourth-order valence-electron chi connectivity index (χ4n) is 2.79. The lowest BCUT2D eigenvalue weighted by Crippen LogP contribution is -2.41. The molecule has 0 bridgehead atoms. The van der Waals surface area contributed by atoms with E-state index in [9.17, 15) is 9.59 Å². The molecule has 0 radical (unpaired) electrons. The molecule has 0 saturated heterocycles. The molecule has 140 valence electrons. The molecule has 0 aliphatic heterocycles. The van der Waals surface area contributed by atoms with Crippen LogP contribution in [-0.4, -0.2) is 35.5 Å². The van der Waals surface area contributed by atoms with Crippen LogP contribution in [0.15, 0.2) is 41.9 Å². The summed E-state index contributed by atoms with van der Waals surface area (Å²) in [6, 6.07) is 8.94. The minimum atomic E-state index is -0.374. The standard InChI is InChI=1S/C19H21N5O2S/c1-12-10-16(13(2)24(12)19-20-8-9-27-19)18(26)22-21-17(25)14-6-5-7-15(11-14)23(3)4/h5-11H,1-4H3,(H,21,25)(H,22,26). The van der Waals surface area contributed by atoms with Crippen LogP contribution in [0.4, 0.5) is 5.69 Å². The number of benzene rings is 1. The largest absolute Gasteiger partial charge is 0.378 e. The van der Waals surface area contributed by atoms with Gasteiger partial charge in [-0.25, -0.2) is 4.98 Å². The fraction of sp³-hybridized carbons (Fsp3) is 0.211. The average molecular weight is 383 g/mol. The van der Waals surface area contributed by atoms with E-state index in [1.54, 1.807) is 30.5 Å². The number of anilines is 1. The smallest absolute Gasteiger partial charge is 0.271 e. The second-order valence-electron chi connectivity index (χ2n) is 6.29. The van der Waals surface area contributed by atoms with Gasteiger partial charge in [-0.3, -0.25) is 25.0 Å². The van der Waals surface area contributed by atoms with E-state index >= 15 is 0 Å². The molecule has 0 fully saturated rings. The summed E-state index contributed by atoms with van der Waals surface area (Å²) < 4.78 is 1.92. The van der Waals surface area contributed by atoms with Crippen molar-refractivity contribution in [2.45, 2.75) is 13.8 Å². The SMILES string of the molecule is Cc1cc(C(=O)NNC(=O)c2cccc(N(C)C)c2)c(C)n1-c1nccs1. The summed E-state index contributed by atoms with van der Waals surface area (Å²) in [6.45, 7) is 3.77. The van der Waals surface area contributed by atoms with Crippen molar-refractivity contribution in [3.05, 3.63) is 64.4 Å². The van der Waals surface area contributed by atoms with Gasteiger partial charge in [0.1, 0.15) is 0 Å². The summed E-state index contributed by atoms with van der Waals surface area (Å²) >= 11 is 1.49. The molecule has 27 heavy (non-hydrogen) atoms. The van der Waals surface area contributed by atoms with Gasteiger partial charge in [0.05, 0.1) is 5.56 Å². The number of aryl methyl sites for hydroxylation is 1. The lowest BCUT2D eigenvalue weighted by atomic mass is 10.2. The Hall–Kier alpha value is -3.13. The lowest BCUT2D eigenvalue weighted by molar-refractivity contribution is 0.0846. The van der Waals surface area contributed by atoms with Crippen molar-refractivity contribution in [2.24, 2.45) is 0 Å². The topological polar surface area (TPSA) is 79.3 Å². The van der Waals surface area contributed by atoms with Crippen molar-refractivity contribution in [1.82, 2.24) is 20.4 Å². The number of aromatic nitrogens is 2. The lowest BCUT2D eigenvalue weighted by Gasteiger charge is -2.13. The van der Waals surface area contributed by atoms with Crippen LogP contribution in [-0.2, 0) is 0 Å². The predicted molar refractivity (Wildman–Crippen MR) is 107 cm³/mol. The van der Waals surface area contributed by atoms with Crippen LogP contribution in [0.2, 0.25) is 0 Å². The minimum absolute atomic E-state index is 0.372. The van der Waals surface area contributed by atoms with Crippen LogP contribution in [0.3, 0.4) is 0 Å². The third kappa shape index (κ3) is 3.85. The monoisotopic (exact) mass is 383 g/mol. The van der Waals surface area contributed by atoms with Gasteiger partial charge in [-0.05, 0) is 38.1 Å². The van der Waals surface area contributed by atoms with Gasteiger partial charge in [-0.2, -0.15) is 0 Å². The van der Waals surface area contributed by atoms with E-state index in [4.69, 9.17) is 0 Å². The second kappa shape index (κ2) is 7.63. The molecule has 0 unspecified atom stereocenters. The van der Waals surface area contributed by atoms with E-state index in [-0.39, 0.29) is 11.8 Å². The number of rotatable bonds is 4. The molecule has 2 aromatic heterocycles. The van der Waals surface area contributed by atoms with Gasteiger partial charge in [0.15, 0.2) is 5.13 Å². The van der Waals surface area contributed by atoms with Crippen LogP contribution in [0, 0.1) is 13.8 Å². The molecule has 2 amide bonds. The number of nitrogens with zero attached hydrogens (tertiary/aromatic N) is 3. The van der Waals surface area contributed by atoms with Crippen LogP contribution in [0.25, 0.3) is 5.13 Å². The number of carbonyl (C=O) groups excluding carboxylic acids is 2. The van der Waals surface area contributed by atoms with E-state index < -0.39 is 0 Å². The maximum Gasteiger partial charge on any atom is 0.271 e. The molecule has 3 rings (SSSR count). The van der Waals surface area contributed by atoms with E-state index in [1.165, 1.54) is 11.3 Å². The van der Waals surface area contributed by atoms with Gasteiger partial charge in [-0.1, -0.05) is 6.07 Å². The summed E-state index contributed by atoms with van der Waals surface area (Å²) in [5.74, 6) is -0.746. The Balaban J connectivity index is 1.72. The molecule has 0 saturated carbocycles. The van der Waals surface area contributed by atoms with Crippen molar-refractivity contribution < 1.29 is 9.59 Å². The van der Waals surface area contributed by atoms with Gasteiger partial charge in [-0.15, -0.1) is 11.3 Å². The zero-order valence-electron chi connectivity index (χ0n) is 15.6. The normalized spacial score (nSPS) is 10.5. The molecule has 0 aliphatic carbocycles. The molecular weight excluding hydrogens is 362 g/mol. The van der Waals surface area contributed by atoms with Crippen molar-refractivity contribution in [3.63, 3.8) is 0 Å². The molecule has 2 N–H and O–H groups in total. The molecular formula is C19H21N5O2S. The number of hydrogen-bond acceptors (Lipinski definition) is 5. The summed E-state index contributed by atoms with van der Waals surface area (Å²) in [5, 5.41) is 2.68. The summed E-state index contributed by atoms with van der Waals surface area (Å²) in [6.07, 6.45) is 1.72. The van der Waals surface area contributed by atoms with Crippen LogP contribution < -0.4 is 15.8 Å². The number of thiazole rings is 1. The van der Waals surface area contributed by atoms with E-state index in [0.717, 1.165) is 22.2 Å². The first-order chi connectivity index (χ1) is 12.9. The Labute approximate surface area is 161 Å². The fourth-order valence-corrected chi connectivity index (χ4v) is 3.54. The van der Waals surface area contributed by atoms with Crippen LogP contribution in [0.5, 0.6) is 0 Å². The molecule has 0 atom stereocenters. The van der Waals surface area contributed by atoms with Crippen LogP contribution >= 0.6 is 11.3 Å². The van der Waals surface area contributed by atoms with Gasteiger partial charge in [0.25, 0.3) is 11.8 Å². The zero-order chi connectivity index (χ0) is 19.6. The van der Waals surface area contributed by atoms with Gasteiger partial charge in [0.2, 0.25) is 0 Å². The average Bonchev–Trinajstić information content (AvgIpc) is 3.27. The maximum absolute atomic E-state index is 12.5. The third-order valence-electron chi connectivity index (χ3n) is 4.20. The molecule has 0 spiro atoms. The predicted octanol–water partition coefficient (Wildman–Crippen LogP) is 2.69. The highest BCUT2D eigenvalue weighted by molar-refractivity contribution is 7.12. The Morgan fingerprint density at radius 2 is 1.85 bits per heavy atom. The molecule has 3 aromatic rings. The highest BCUT2D eigenvalue weighted by atomic mass is 32.1. The molecule has 1 aromatic carbocycles. The minimum Gasteiger partial charge on any atom is -0.378 e. The third-order valence-corrected chi connectivity index (χ3v) is 4.96.